The van der Waals surface area contributed by atoms with Gasteiger partial charge in [-0.05, 0) is 49.2 Å². The Labute approximate surface area is 163 Å². The van der Waals surface area contributed by atoms with Gasteiger partial charge < -0.3 is 14.8 Å². The van der Waals surface area contributed by atoms with Crippen molar-refractivity contribution in [3.05, 3.63) is 59.1 Å². The minimum absolute atomic E-state index is 0.0829. The van der Waals surface area contributed by atoms with Crippen LogP contribution in [0, 0.1) is 0 Å². The summed E-state index contributed by atoms with van der Waals surface area (Å²) in [6.45, 7) is 1.24. The molecular formula is C20H22ClN3O3. The van der Waals surface area contributed by atoms with Crippen LogP contribution in [0.5, 0.6) is 5.75 Å². The average molecular weight is 388 g/mol. The minimum atomic E-state index is -0.270. The summed E-state index contributed by atoms with van der Waals surface area (Å²) in [4.78, 5) is 17.1. The van der Waals surface area contributed by atoms with E-state index in [1.807, 2.05) is 24.3 Å². The molecule has 1 heterocycles. The van der Waals surface area contributed by atoms with Crippen LogP contribution >= 0.6 is 11.6 Å². The molecule has 2 aromatic carbocycles. The first-order valence-corrected chi connectivity index (χ1v) is 9.16. The molecule has 1 fully saturated rings. The number of methoxy groups -OCH3 is 1. The van der Waals surface area contributed by atoms with Gasteiger partial charge in [0.25, 0.3) is 5.91 Å². The molecule has 1 aliphatic heterocycles. The largest absolute Gasteiger partial charge is 0.497 e. The van der Waals surface area contributed by atoms with E-state index >= 15 is 0 Å². The lowest BCUT2D eigenvalue weighted by molar-refractivity contribution is 0.0975. The third-order valence-corrected chi connectivity index (χ3v) is 4.40. The Morgan fingerprint density at radius 3 is 2.81 bits per heavy atom. The maximum absolute atomic E-state index is 12.5. The van der Waals surface area contributed by atoms with Gasteiger partial charge in [0.05, 0.1) is 19.8 Å². The second kappa shape index (κ2) is 9.39. The second-order valence-corrected chi connectivity index (χ2v) is 6.58. The number of benzene rings is 2. The van der Waals surface area contributed by atoms with E-state index in [9.17, 15) is 4.79 Å². The number of aliphatic imine (C=N–C) groups is 1. The van der Waals surface area contributed by atoms with E-state index in [0.29, 0.717) is 28.8 Å². The molecule has 0 aliphatic carbocycles. The van der Waals surface area contributed by atoms with E-state index in [2.05, 4.69) is 15.6 Å². The predicted octanol–water partition coefficient (Wildman–Crippen LogP) is 3.73. The first kappa shape index (κ1) is 19.2. The van der Waals surface area contributed by atoms with Crippen LogP contribution in [0.15, 0.2) is 53.5 Å². The van der Waals surface area contributed by atoms with Crippen LogP contribution in [0.25, 0.3) is 0 Å². The molecule has 0 radical (unpaired) electrons. The fourth-order valence-corrected chi connectivity index (χ4v) is 2.84. The highest BCUT2D eigenvalue weighted by atomic mass is 35.5. The van der Waals surface area contributed by atoms with Gasteiger partial charge in [-0.15, -0.1) is 0 Å². The standard InChI is InChI=1S/C20H22ClN3O3/c1-26-17-5-2-4-16(12-17)23-20(22-13-18-6-3-11-27-18)24-19(25)14-7-9-15(21)10-8-14/h2,4-5,7-10,12,18H,3,6,11,13H2,1H3,(H2,22,23,24,25)/t18-/m0/s1. The lowest BCUT2D eigenvalue weighted by Crippen LogP contribution is -2.36. The van der Waals surface area contributed by atoms with Crippen molar-refractivity contribution in [1.82, 2.24) is 5.32 Å². The molecule has 0 unspecified atom stereocenters. The summed E-state index contributed by atoms with van der Waals surface area (Å²) in [7, 11) is 1.61. The van der Waals surface area contributed by atoms with E-state index in [-0.39, 0.29) is 12.0 Å². The van der Waals surface area contributed by atoms with Gasteiger partial charge in [0, 0.05) is 28.9 Å². The number of hydrogen-bond donors (Lipinski definition) is 2. The van der Waals surface area contributed by atoms with Gasteiger partial charge >= 0.3 is 0 Å². The lowest BCUT2D eigenvalue weighted by atomic mass is 10.2. The van der Waals surface area contributed by atoms with Crippen LogP contribution in [-0.2, 0) is 4.74 Å². The molecular weight excluding hydrogens is 366 g/mol. The Bertz CT molecular complexity index is 802. The van der Waals surface area contributed by atoms with Gasteiger partial charge in [-0.3, -0.25) is 10.1 Å². The second-order valence-electron chi connectivity index (χ2n) is 6.14. The van der Waals surface area contributed by atoms with Gasteiger partial charge in [-0.1, -0.05) is 17.7 Å². The quantitative estimate of drug-likeness (QED) is 0.605. The Hall–Kier alpha value is -2.57. The van der Waals surface area contributed by atoms with E-state index < -0.39 is 0 Å². The fraction of sp³-hybridized carbons (Fsp3) is 0.300. The Morgan fingerprint density at radius 1 is 1.30 bits per heavy atom. The van der Waals surface area contributed by atoms with Crippen LogP contribution in [0.1, 0.15) is 23.2 Å². The van der Waals surface area contributed by atoms with Gasteiger partial charge in [0.15, 0.2) is 0 Å². The summed E-state index contributed by atoms with van der Waals surface area (Å²) >= 11 is 5.89. The number of anilines is 1. The Morgan fingerprint density at radius 2 is 2.11 bits per heavy atom. The average Bonchev–Trinajstić information content (AvgIpc) is 3.20. The van der Waals surface area contributed by atoms with Crippen LogP contribution in [0.3, 0.4) is 0 Å². The van der Waals surface area contributed by atoms with Gasteiger partial charge in [0.1, 0.15) is 5.75 Å². The molecule has 1 atom stereocenters. The number of ether oxygens (including phenoxy) is 2. The highest BCUT2D eigenvalue weighted by Gasteiger charge is 2.16. The van der Waals surface area contributed by atoms with Crippen molar-refractivity contribution in [3.63, 3.8) is 0 Å². The molecule has 3 rings (SSSR count). The Balaban J connectivity index is 1.74. The molecule has 6 nitrogen and oxygen atoms in total. The third-order valence-electron chi connectivity index (χ3n) is 4.15. The zero-order chi connectivity index (χ0) is 19.1. The number of guanidine groups is 1. The highest BCUT2D eigenvalue weighted by molar-refractivity contribution is 6.30. The summed E-state index contributed by atoms with van der Waals surface area (Å²) in [6, 6.07) is 14.1. The van der Waals surface area contributed by atoms with Crippen molar-refractivity contribution >= 4 is 29.2 Å². The van der Waals surface area contributed by atoms with Crippen LogP contribution in [0.2, 0.25) is 5.02 Å². The predicted molar refractivity (Wildman–Crippen MR) is 107 cm³/mol. The smallest absolute Gasteiger partial charge is 0.257 e. The molecule has 27 heavy (non-hydrogen) atoms. The molecule has 1 aliphatic rings. The molecule has 0 bridgehead atoms. The zero-order valence-electron chi connectivity index (χ0n) is 15.1. The van der Waals surface area contributed by atoms with Crippen LogP contribution < -0.4 is 15.4 Å². The molecule has 0 aromatic heterocycles. The van der Waals surface area contributed by atoms with E-state index in [0.717, 1.165) is 25.1 Å². The number of halogens is 1. The lowest BCUT2D eigenvalue weighted by Gasteiger charge is -2.14. The number of rotatable bonds is 5. The number of hydrogen-bond acceptors (Lipinski definition) is 4. The van der Waals surface area contributed by atoms with Crippen LogP contribution in [-0.4, -0.2) is 38.2 Å². The van der Waals surface area contributed by atoms with E-state index in [1.165, 1.54) is 0 Å². The number of carbonyl (C=O) groups excluding carboxylic acids is 1. The maximum Gasteiger partial charge on any atom is 0.257 e. The summed E-state index contributed by atoms with van der Waals surface area (Å²) < 4.78 is 10.9. The summed E-state index contributed by atoms with van der Waals surface area (Å²) in [5, 5.41) is 6.55. The molecule has 2 aromatic rings. The number of amides is 1. The minimum Gasteiger partial charge on any atom is -0.497 e. The summed E-state index contributed by atoms with van der Waals surface area (Å²) in [6.07, 6.45) is 2.09. The van der Waals surface area contributed by atoms with Crippen molar-refractivity contribution in [2.24, 2.45) is 4.99 Å². The summed E-state index contributed by atoms with van der Waals surface area (Å²) in [5.41, 5.74) is 1.26. The van der Waals surface area contributed by atoms with Crippen molar-refractivity contribution in [1.29, 1.82) is 0 Å². The highest BCUT2D eigenvalue weighted by Crippen LogP contribution is 2.17. The van der Waals surface area contributed by atoms with Crippen LogP contribution in [0.4, 0.5) is 5.69 Å². The zero-order valence-corrected chi connectivity index (χ0v) is 15.8. The van der Waals surface area contributed by atoms with Gasteiger partial charge in [0.2, 0.25) is 5.96 Å². The van der Waals surface area contributed by atoms with Gasteiger partial charge in [-0.2, -0.15) is 0 Å². The summed E-state index contributed by atoms with van der Waals surface area (Å²) in [5.74, 6) is 0.800. The molecule has 1 amide bonds. The molecule has 2 N–H and O–H groups in total. The number of nitrogens with zero attached hydrogens (tertiary/aromatic N) is 1. The van der Waals surface area contributed by atoms with Crippen molar-refractivity contribution < 1.29 is 14.3 Å². The van der Waals surface area contributed by atoms with Crippen molar-refractivity contribution in [2.45, 2.75) is 18.9 Å². The molecule has 7 heteroatoms. The molecule has 1 saturated heterocycles. The topological polar surface area (TPSA) is 71.9 Å². The van der Waals surface area contributed by atoms with Crippen molar-refractivity contribution in [3.8, 4) is 5.75 Å². The SMILES string of the molecule is COc1cccc(NC(=NC[C@@H]2CCCO2)NC(=O)c2ccc(Cl)cc2)c1. The normalized spacial score (nSPS) is 16.8. The first-order valence-electron chi connectivity index (χ1n) is 8.78. The molecule has 0 saturated carbocycles. The maximum atomic E-state index is 12.5. The van der Waals surface area contributed by atoms with Gasteiger partial charge in [-0.25, -0.2) is 4.99 Å². The van der Waals surface area contributed by atoms with E-state index in [4.69, 9.17) is 21.1 Å². The number of nitrogens with one attached hydrogen (secondary N) is 2. The van der Waals surface area contributed by atoms with E-state index in [1.54, 1.807) is 31.4 Å². The third kappa shape index (κ3) is 5.70. The number of carbonyl (C=O) groups is 1. The first-order chi connectivity index (χ1) is 13.1. The Kier molecular flexibility index (Phi) is 6.68. The fourth-order valence-electron chi connectivity index (χ4n) is 2.71. The van der Waals surface area contributed by atoms with Crippen molar-refractivity contribution in [2.75, 3.05) is 25.6 Å². The monoisotopic (exact) mass is 387 g/mol. The molecule has 0 spiro atoms. The molecule has 142 valence electrons.